The molecule has 1 aliphatic heterocycles. The van der Waals surface area contributed by atoms with Crippen LogP contribution in [0, 0.1) is 30.6 Å². The van der Waals surface area contributed by atoms with Crippen molar-refractivity contribution in [2.24, 2.45) is 23.7 Å². The van der Waals surface area contributed by atoms with E-state index < -0.39 is 18.3 Å². The summed E-state index contributed by atoms with van der Waals surface area (Å²) in [5, 5.41) is 6.11. The number of nitrogens with one attached hydrogen (secondary N) is 2. The SMILES string of the molecule is CCCCCC1CCC(C2CCC(C(=O)Nc3ccc(C(=O)Nc4ccc(B5OC(C)(C)C(C)(C)O5)c(C)c4)cc3)CC2)CC1. The van der Waals surface area contributed by atoms with Gasteiger partial charge in [-0.2, -0.15) is 0 Å². The molecule has 3 aliphatic rings. The zero-order valence-corrected chi connectivity index (χ0v) is 28.5. The van der Waals surface area contributed by atoms with Gasteiger partial charge in [0.2, 0.25) is 5.91 Å². The summed E-state index contributed by atoms with van der Waals surface area (Å²) in [5.74, 6) is 2.63. The van der Waals surface area contributed by atoms with Gasteiger partial charge in [-0.25, -0.2) is 0 Å². The molecule has 0 unspecified atom stereocenters. The van der Waals surface area contributed by atoms with E-state index in [2.05, 4.69) is 17.6 Å². The zero-order chi connectivity index (χ0) is 32.2. The second-order valence-electron chi connectivity index (χ2n) is 15.1. The first kappa shape index (κ1) is 33.7. The Balaban J connectivity index is 1.06. The Morgan fingerprint density at radius 1 is 0.778 bits per heavy atom. The van der Waals surface area contributed by atoms with Gasteiger partial charge >= 0.3 is 7.12 Å². The fourth-order valence-corrected chi connectivity index (χ4v) is 7.62. The normalized spacial score (nSPS) is 26.0. The molecular formula is C38H55BN2O4. The summed E-state index contributed by atoms with van der Waals surface area (Å²) < 4.78 is 12.4. The maximum Gasteiger partial charge on any atom is 0.495 e. The van der Waals surface area contributed by atoms with Crippen LogP contribution in [0.15, 0.2) is 42.5 Å². The fourth-order valence-electron chi connectivity index (χ4n) is 7.62. The van der Waals surface area contributed by atoms with Gasteiger partial charge in [0.15, 0.2) is 0 Å². The number of hydrogen-bond donors (Lipinski definition) is 2. The van der Waals surface area contributed by atoms with Crippen LogP contribution in [-0.2, 0) is 14.1 Å². The van der Waals surface area contributed by atoms with Crippen LogP contribution in [0.4, 0.5) is 11.4 Å². The molecule has 6 nitrogen and oxygen atoms in total. The van der Waals surface area contributed by atoms with Crippen LogP contribution in [0.2, 0.25) is 0 Å². The molecule has 0 bridgehead atoms. The molecule has 0 spiro atoms. The Hall–Kier alpha value is -2.64. The third-order valence-electron chi connectivity index (χ3n) is 11.4. The van der Waals surface area contributed by atoms with Gasteiger partial charge in [-0.15, -0.1) is 0 Å². The molecule has 2 saturated carbocycles. The molecule has 2 aromatic rings. The lowest BCUT2D eigenvalue weighted by atomic mass is 9.68. The quantitative estimate of drug-likeness (QED) is 0.207. The van der Waals surface area contributed by atoms with Crippen molar-refractivity contribution >= 4 is 35.8 Å². The highest BCUT2D eigenvalue weighted by atomic mass is 16.7. The Labute approximate surface area is 272 Å². The summed E-state index contributed by atoms with van der Waals surface area (Å²) in [6.07, 6.45) is 15.5. The molecule has 0 atom stereocenters. The van der Waals surface area contributed by atoms with Crippen molar-refractivity contribution in [3.63, 3.8) is 0 Å². The monoisotopic (exact) mass is 614 g/mol. The summed E-state index contributed by atoms with van der Waals surface area (Å²) in [6, 6.07) is 13.0. The van der Waals surface area contributed by atoms with E-state index in [1.54, 1.807) is 12.1 Å². The summed E-state index contributed by atoms with van der Waals surface area (Å²) in [6.45, 7) is 12.5. The second-order valence-corrected chi connectivity index (χ2v) is 15.1. The van der Waals surface area contributed by atoms with Crippen molar-refractivity contribution in [1.82, 2.24) is 0 Å². The maximum atomic E-state index is 13.1. The number of carbonyl (C=O) groups excluding carboxylic acids is 2. The van der Waals surface area contributed by atoms with Crippen molar-refractivity contribution in [2.45, 2.75) is 130 Å². The molecule has 2 amide bonds. The van der Waals surface area contributed by atoms with Crippen molar-refractivity contribution in [2.75, 3.05) is 10.6 Å². The minimum absolute atomic E-state index is 0.0815. The second kappa shape index (κ2) is 14.4. The Kier molecular flexibility index (Phi) is 10.8. The van der Waals surface area contributed by atoms with E-state index in [1.807, 2.05) is 65.0 Å². The predicted octanol–water partition coefficient (Wildman–Crippen LogP) is 8.68. The van der Waals surface area contributed by atoms with Crippen molar-refractivity contribution < 1.29 is 18.9 Å². The molecule has 1 heterocycles. The van der Waals surface area contributed by atoms with Gasteiger partial charge in [-0.3, -0.25) is 9.59 Å². The number of aryl methyl sites for hydroxylation is 1. The maximum absolute atomic E-state index is 13.1. The Bertz CT molecular complexity index is 1290. The van der Waals surface area contributed by atoms with E-state index in [0.717, 1.165) is 47.3 Å². The molecule has 0 radical (unpaired) electrons. The summed E-state index contributed by atoms with van der Waals surface area (Å²) in [7, 11) is -0.442. The van der Waals surface area contributed by atoms with Crippen LogP contribution in [0.1, 0.15) is 128 Å². The average molecular weight is 615 g/mol. The summed E-state index contributed by atoms with van der Waals surface area (Å²) in [5.41, 5.74) is 3.13. The van der Waals surface area contributed by atoms with E-state index >= 15 is 0 Å². The minimum Gasteiger partial charge on any atom is -0.399 e. The van der Waals surface area contributed by atoms with Crippen LogP contribution >= 0.6 is 0 Å². The molecule has 2 aromatic carbocycles. The lowest BCUT2D eigenvalue weighted by molar-refractivity contribution is -0.121. The highest BCUT2D eigenvalue weighted by molar-refractivity contribution is 6.62. The van der Waals surface area contributed by atoms with Crippen LogP contribution in [0.5, 0.6) is 0 Å². The number of amides is 2. The Morgan fingerprint density at radius 3 is 1.93 bits per heavy atom. The van der Waals surface area contributed by atoms with Crippen LogP contribution in [0.3, 0.4) is 0 Å². The molecule has 2 aliphatic carbocycles. The van der Waals surface area contributed by atoms with Crippen molar-refractivity contribution in [1.29, 1.82) is 0 Å². The van der Waals surface area contributed by atoms with E-state index in [-0.39, 0.29) is 17.7 Å². The molecule has 0 aromatic heterocycles. The lowest BCUT2D eigenvalue weighted by Gasteiger charge is -2.37. The molecule has 244 valence electrons. The molecule has 1 saturated heterocycles. The third kappa shape index (κ3) is 8.21. The van der Waals surface area contributed by atoms with Gasteiger partial charge in [0.25, 0.3) is 5.91 Å². The highest BCUT2D eigenvalue weighted by Gasteiger charge is 2.52. The number of hydrogen-bond acceptors (Lipinski definition) is 4. The first-order valence-electron chi connectivity index (χ1n) is 17.6. The first-order valence-corrected chi connectivity index (χ1v) is 17.6. The number of unbranched alkanes of at least 4 members (excludes halogenated alkanes) is 2. The van der Waals surface area contributed by atoms with Crippen LogP contribution in [-0.4, -0.2) is 30.1 Å². The standard InChI is InChI=1S/C38H55BN2O4/c1-7-8-9-10-27-11-13-28(14-12-27)29-15-17-30(18-16-29)35(42)40-32-21-19-31(20-22-32)36(43)41-33-23-24-34(26(2)25-33)39-44-37(3,4)38(5,6)45-39/h19-25,27-30H,7-18H2,1-6H3,(H,40,42)(H,41,43). The van der Waals surface area contributed by atoms with E-state index in [4.69, 9.17) is 9.31 Å². The van der Waals surface area contributed by atoms with Gasteiger partial charge in [-0.1, -0.05) is 51.5 Å². The van der Waals surface area contributed by atoms with Crippen molar-refractivity contribution in [3.8, 4) is 0 Å². The smallest absolute Gasteiger partial charge is 0.399 e. The van der Waals surface area contributed by atoms with E-state index in [1.165, 1.54) is 64.2 Å². The largest absolute Gasteiger partial charge is 0.495 e. The van der Waals surface area contributed by atoms with Crippen LogP contribution < -0.4 is 16.1 Å². The third-order valence-corrected chi connectivity index (χ3v) is 11.4. The van der Waals surface area contributed by atoms with Gasteiger partial charge in [0.1, 0.15) is 0 Å². The van der Waals surface area contributed by atoms with Gasteiger partial charge in [0, 0.05) is 22.9 Å². The van der Waals surface area contributed by atoms with E-state index in [9.17, 15) is 9.59 Å². The molecular weight excluding hydrogens is 559 g/mol. The molecule has 7 heteroatoms. The molecule has 5 rings (SSSR count). The molecule has 45 heavy (non-hydrogen) atoms. The minimum atomic E-state index is -0.442. The number of benzene rings is 2. The lowest BCUT2D eigenvalue weighted by Crippen LogP contribution is -2.41. The van der Waals surface area contributed by atoms with Gasteiger partial charge < -0.3 is 19.9 Å². The fraction of sp³-hybridized carbons (Fsp3) is 0.632. The first-order chi connectivity index (χ1) is 21.5. The summed E-state index contributed by atoms with van der Waals surface area (Å²) in [4.78, 5) is 26.1. The van der Waals surface area contributed by atoms with Gasteiger partial charge in [0.05, 0.1) is 11.2 Å². The highest BCUT2D eigenvalue weighted by Crippen LogP contribution is 2.42. The van der Waals surface area contributed by atoms with Crippen LogP contribution in [0.25, 0.3) is 0 Å². The zero-order valence-electron chi connectivity index (χ0n) is 28.5. The topological polar surface area (TPSA) is 76.7 Å². The summed E-state index contributed by atoms with van der Waals surface area (Å²) >= 11 is 0. The Morgan fingerprint density at radius 2 is 1.36 bits per heavy atom. The van der Waals surface area contributed by atoms with Crippen molar-refractivity contribution in [3.05, 3.63) is 53.6 Å². The van der Waals surface area contributed by atoms with Gasteiger partial charge in [-0.05, 0) is 138 Å². The molecule has 2 N–H and O–H groups in total. The average Bonchev–Trinajstić information content (AvgIpc) is 3.24. The number of carbonyl (C=O) groups is 2. The predicted molar refractivity (Wildman–Crippen MR) is 185 cm³/mol. The molecule has 3 fully saturated rings. The number of rotatable bonds is 10. The number of anilines is 2. The van der Waals surface area contributed by atoms with E-state index in [0.29, 0.717) is 11.3 Å².